The molecule has 4 heterocycles. The number of aromatic nitrogens is 2. The molecular weight excluding hydrogens is 960 g/mol. The Labute approximate surface area is 480 Å². The van der Waals surface area contributed by atoms with Gasteiger partial charge in [0.2, 0.25) is 38.2 Å². The topological polar surface area (TPSA) is 7.76 Å². The van der Waals surface area contributed by atoms with Gasteiger partial charge in [-0.1, -0.05) is 257 Å². The van der Waals surface area contributed by atoms with Crippen LogP contribution in [-0.4, -0.2) is 26.9 Å². The van der Waals surface area contributed by atoms with Crippen molar-refractivity contribution >= 4 is 92.4 Å². The molecule has 0 fully saturated rings. The lowest BCUT2D eigenvalue weighted by Crippen LogP contribution is -2.76. The molecule has 0 spiro atoms. The zero-order valence-electron chi connectivity index (χ0n) is 50.1. The van der Waals surface area contributed by atoms with Crippen molar-refractivity contribution in [3.8, 4) is 22.5 Å². The van der Waals surface area contributed by atoms with Gasteiger partial charge in [-0.15, -0.1) is 0 Å². The number of hydrogen-bond acceptors (Lipinski definition) is 0. The molecular formula is C74H76B4N2+2. The van der Waals surface area contributed by atoms with E-state index in [1.807, 2.05) is 0 Å². The van der Waals surface area contributed by atoms with E-state index in [-0.39, 0.29) is 26.9 Å². The summed E-state index contributed by atoms with van der Waals surface area (Å²) < 4.78 is 4.55. The standard InChI is InChI=1S/C38H40B2N.C36H36B2N/c1-24(2)30-21-22-41(8)35(23-30)31-19-20-34-38(29(31)7)40(37-27(5)15-12-16-28(37)6)33-18-10-9-17-32(33)39(34)36-25(3)13-11-14-26(36)4;1-23-20-21-39(7)33(22-23)29-18-19-32-36(28(29)6)38(35-26(4)14-11-15-27(35)5)31-17-9-8-16-30(31)37(32)34-24(2)12-10-13-25(34)3/h9-24H,1-8H3;8-22H,1-7H3/q2*+1. The number of aryl methyl sites for hydroxylation is 11. The van der Waals surface area contributed by atoms with Crippen LogP contribution in [0.4, 0.5) is 0 Å². The van der Waals surface area contributed by atoms with E-state index in [1.165, 1.54) is 155 Å². The lowest BCUT2D eigenvalue weighted by Gasteiger charge is -2.36. The third-order valence-corrected chi connectivity index (χ3v) is 18.6. The van der Waals surface area contributed by atoms with Gasteiger partial charge in [-0.25, -0.2) is 9.13 Å². The van der Waals surface area contributed by atoms with Crippen LogP contribution in [0.25, 0.3) is 22.5 Å². The van der Waals surface area contributed by atoms with Gasteiger partial charge in [0.1, 0.15) is 14.1 Å². The molecule has 0 saturated heterocycles. The summed E-state index contributed by atoms with van der Waals surface area (Å²) in [6.45, 7) is 30.5. The molecule has 10 aromatic rings. The third-order valence-electron chi connectivity index (χ3n) is 18.6. The highest BCUT2D eigenvalue weighted by atomic mass is 14.9. The number of benzene rings is 8. The van der Waals surface area contributed by atoms with Gasteiger partial charge in [0, 0.05) is 35.4 Å². The molecule has 2 aromatic heterocycles. The average Bonchev–Trinajstić information content (AvgIpc) is 3.62. The van der Waals surface area contributed by atoms with Gasteiger partial charge >= 0.3 is 0 Å². The number of nitrogens with zero attached hydrogens (tertiary/aromatic N) is 2. The highest BCUT2D eigenvalue weighted by Gasteiger charge is 2.44. The van der Waals surface area contributed by atoms with Crippen LogP contribution in [-0.2, 0) is 14.1 Å². The summed E-state index contributed by atoms with van der Waals surface area (Å²) in [5, 5.41) is 0. The smallest absolute Gasteiger partial charge is 0.201 e. The number of hydrogen-bond donors (Lipinski definition) is 0. The Kier molecular flexibility index (Phi) is 14.8. The Morgan fingerprint density at radius 2 is 0.613 bits per heavy atom. The van der Waals surface area contributed by atoms with Crippen molar-refractivity contribution in [2.24, 2.45) is 14.1 Å². The van der Waals surface area contributed by atoms with Crippen LogP contribution >= 0.6 is 0 Å². The largest absolute Gasteiger partial charge is 0.241 e. The second-order valence-electron chi connectivity index (χ2n) is 24.0. The second-order valence-corrected chi connectivity index (χ2v) is 24.0. The van der Waals surface area contributed by atoms with Crippen molar-refractivity contribution in [1.29, 1.82) is 0 Å². The first kappa shape index (κ1) is 54.3. The maximum atomic E-state index is 2.45. The summed E-state index contributed by atoms with van der Waals surface area (Å²) in [6.07, 6.45) is 4.41. The summed E-state index contributed by atoms with van der Waals surface area (Å²) in [7, 11) is 4.33. The summed E-state index contributed by atoms with van der Waals surface area (Å²) in [6, 6.07) is 64.3. The summed E-state index contributed by atoms with van der Waals surface area (Å²) in [4.78, 5) is 0. The molecule has 6 heteroatoms. The maximum Gasteiger partial charge on any atom is 0.241 e. The number of rotatable bonds is 7. The zero-order chi connectivity index (χ0) is 56.4. The van der Waals surface area contributed by atoms with Crippen LogP contribution in [0.15, 0.2) is 182 Å². The van der Waals surface area contributed by atoms with Crippen molar-refractivity contribution < 1.29 is 9.13 Å². The molecule has 80 heavy (non-hydrogen) atoms. The van der Waals surface area contributed by atoms with Gasteiger partial charge in [0.25, 0.3) is 0 Å². The van der Waals surface area contributed by atoms with E-state index in [0.717, 1.165) is 0 Å². The summed E-state index contributed by atoms with van der Waals surface area (Å²) >= 11 is 0. The average molecular weight is 1040 g/mol. The van der Waals surface area contributed by atoms with Crippen LogP contribution in [0.3, 0.4) is 0 Å². The summed E-state index contributed by atoms with van der Waals surface area (Å²) in [5.41, 5.74) is 38.8. The number of fused-ring (bicyclic) bond motifs is 4. The fourth-order valence-electron chi connectivity index (χ4n) is 14.6. The molecule has 0 aliphatic carbocycles. The predicted octanol–water partition coefficient (Wildman–Crippen LogP) is 7.56. The Balaban J connectivity index is 0.000000169. The second kappa shape index (κ2) is 21.8. The molecule has 0 atom stereocenters. The van der Waals surface area contributed by atoms with Crippen molar-refractivity contribution in [3.63, 3.8) is 0 Å². The summed E-state index contributed by atoms with van der Waals surface area (Å²) in [5.74, 6) is 0.482. The van der Waals surface area contributed by atoms with E-state index in [4.69, 9.17) is 0 Å². The van der Waals surface area contributed by atoms with Gasteiger partial charge in [0.05, 0.1) is 0 Å². The minimum atomic E-state index is 0.182. The molecule has 2 aliphatic heterocycles. The molecule has 2 aliphatic rings. The molecule has 0 radical (unpaired) electrons. The molecule has 0 bridgehead atoms. The monoisotopic (exact) mass is 1040 g/mol. The van der Waals surface area contributed by atoms with Gasteiger partial charge in [-0.05, 0) is 116 Å². The van der Waals surface area contributed by atoms with Gasteiger partial charge < -0.3 is 0 Å². The van der Waals surface area contributed by atoms with Crippen LogP contribution in [0.5, 0.6) is 0 Å². The third kappa shape index (κ3) is 9.33. The lowest BCUT2D eigenvalue weighted by molar-refractivity contribution is -0.660. The SMILES string of the molecule is Cc1cc[n+](C)c(-c2ccc3c(c2C)B(c2c(C)cccc2C)c2ccccc2B3c2c(C)cccc2C)c1.Cc1cccc(C)c1B1c2ccccc2B(c2c(C)cccc2C)c2c1ccc(-c1cc(C(C)C)cc[n+]1C)c2C. The van der Waals surface area contributed by atoms with E-state index in [1.54, 1.807) is 0 Å². The molecule has 8 aromatic carbocycles. The Morgan fingerprint density at radius 1 is 0.300 bits per heavy atom. The quantitative estimate of drug-likeness (QED) is 0.115. The predicted molar refractivity (Wildman–Crippen MR) is 350 cm³/mol. The highest BCUT2D eigenvalue weighted by Crippen LogP contribution is 2.26. The van der Waals surface area contributed by atoms with Gasteiger partial charge in [0.15, 0.2) is 12.4 Å². The normalized spacial score (nSPS) is 12.4. The highest BCUT2D eigenvalue weighted by molar-refractivity contribution is 7.12. The first-order valence-electron chi connectivity index (χ1n) is 29.1. The minimum Gasteiger partial charge on any atom is -0.201 e. The first-order chi connectivity index (χ1) is 38.5. The van der Waals surface area contributed by atoms with E-state index in [2.05, 4.69) is 295 Å². The Hall–Kier alpha value is -7.68. The Bertz CT molecular complexity index is 3990. The van der Waals surface area contributed by atoms with Crippen molar-refractivity contribution in [2.75, 3.05) is 0 Å². The zero-order valence-corrected chi connectivity index (χ0v) is 50.1. The van der Waals surface area contributed by atoms with E-state index in [0.29, 0.717) is 5.92 Å². The molecule has 0 unspecified atom stereocenters. The molecule has 392 valence electrons. The lowest BCUT2D eigenvalue weighted by atomic mass is 9.20. The van der Waals surface area contributed by atoms with E-state index in [9.17, 15) is 0 Å². The van der Waals surface area contributed by atoms with Crippen LogP contribution < -0.4 is 74.7 Å². The molecule has 0 saturated carbocycles. The van der Waals surface area contributed by atoms with Crippen LogP contribution in [0.1, 0.15) is 86.5 Å². The fraction of sp³-hybridized carbons (Fsp3) is 0.216. The molecule has 2 nitrogen and oxygen atoms in total. The van der Waals surface area contributed by atoms with Gasteiger partial charge in [-0.2, -0.15) is 0 Å². The van der Waals surface area contributed by atoms with Crippen molar-refractivity contribution in [2.45, 2.75) is 95.9 Å². The minimum absolute atomic E-state index is 0.182. The van der Waals surface area contributed by atoms with Crippen molar-refractivity contribution in [1.82, 2.24) is 0 Å². The molecule has 0 N–H and O–H groups in total. The van der Waals surface area contributed by atoms with Crippen molar-refractivity contribution in [3.05, 3.63) is 249 Å². The van der Waals surface area contributed by atoms with E-state index >= 15 is 0 Å². The van der Waals surface area contributed by atoms with Gasteiger partial charge in [-0.3, -0.25) is 0 Å². The molecule has 0 amide bonds. The first-order valence-corrected chi connectivity index (χ1v) is 29.1. The Morgan fingerprint density at radius 3 is 0.963 bits per heavy atom. The fourth-order valence-corrected chi connectivity index (χ4v) is 14.6. The van der Waals surface area contributed by atoms with E-state index < -0.39 is 0 Å². The van der Waals surface area contributed by atoms with Crippen LogP contribution in [0, 0.1) is 76.2 Å². The maximum absolute atomic E-state index is 2.45. The molecule has 12 rings (SSSR count). The number of pyridine rings is 2. The van der Waals surface area contributed by atoms with Crippen LogP contribution in [0.2, 0.25) is 0 Å².